The summed E-state index contributed by atoms with van der Waals surface area (Å²) >= 11 is 0. The van der Waals surface area contributed by atoms with Crippen LogP contribution in [0, 0.1) is 0 Å². The molecule has 0 aromatic heterocycles. The van der Waals surface area contributed by atoms with Crippen LogP contribution in [0.25, 0.3) is 0 Å². The number of carbonyl (C=O) groups is 5. The van der Waals surface area contributed by atoms with E-state index in [0.717, 1.165) is 6.92 Å². The zero-order valence-corrected chi connectivity index (χ0v) is 27.8. The van der Waals surface area contributed by atoms with Crippen molar-refractivity contribution in [2.24, 2.45) is 0 Å². The summed E-state index contributed by atoms with van der Waals surface area (Å²) in [6.07, 6.45) is -8.35. The van der Waals surface area contributed by atoms with Gasteiger partial charge in [0.25, 0.3) is 5.97 Å². The molecular formula is C14H28O22P4Zr. The quantitative estimate of drug-likeness (QED) is 0.216. The number of hydrogen-bond acceptors (Lipinski definition) is 17. The molecule has 0 heterocycles. The van der Waals surface area contributed by atoms with Crippen LogP contribution in [-0.2, 0) is 67.4 Å². The molecule has 41 heavy (non-hydrogen) atoms. The van der Waals surface area contributed by atoms with Crippen molar-refractivity contribution in [2.45, 2.75) is 34.6 Å². The Morgan fingerprint density at radius 2 is 0.585 bits per heavy atom. The molecule has 0 bridgehead atoms. The number of rotatable bonds is 8. The zero-order valence-electron chi connectivity index (χ0n) is 21.8. The minimum Gasteiger partial charge on any atom is -0.769 e. The molecule has 0 fully saturated rings. The van der Waals surface area contributed by atoms with Crippen molar-refractivity contribution in [2.75, 3.05) is 24.6 Å². The van der Waals surface area contributed by atoms with Crippen LogP contribution in [0.4, 0.5) is 19.2 Å². The number of aliphatic carboxylic acids is 1. The zero-order chi connectivity index (χ0) is 33.5. The van der Waals surface area contributed by atoms with Gasteiger partial charge in [-0.25, -0.2) is 19.2 Å². The van der Waals surface area contributed by atoms with Crippen LogP contribution >= 0.6 is 30.4 Å². The summed E-state index contributed by atoms with van der Waals surface area (Å²) in [7, 11) is -16.3. The first-order valence-electron chi connectivity index (χ1n) is 9.74. The van der Waals surface area contributed by atoms with E-state index in [1.54, 1.807) is 0 Å². The third-order valence-electron chi connectivity index (χ3n) is 2.42. The minimum absolute atomic E-state index is 0. The van der Waals surface area contributed by atoms with Gasteiger partial charge in [0.2, 0.25) is 0 Å². The van der Waals surface area contributed by atoms with E-state index < -0.39 is 61.0 Å². The number of hydrogen-bond donors (Lipinski definition) is 5. The molecule has 0 aromatic carbocycles. The van der Waals surface area contributed by atoms with Crippen LogP contribution in [0.2, 0.25) is 0 Å². The maximum atomic E-state index is 10.2. The summed E-state index contributed by atoms with van der Waals surface area (Å²) in [4.78, 5) is 88.3. The van der Waals surface area contributed by atoms with Crippen LogP contribution in [0.15, 0.2) is 0 Å². The van der Waals surface area contributed by atoms with Gasteiger partial charge in [-0.1, -0.05) is 27.7 Å². The first kappa shape index (κ1) is 51.9. The Hall–Kier alpha value is -1.81. The predicted molar refractivity (Wildman–Crippen MR) is 122 cm³/mol. The van der Waals surface area contributed by atoms with Crippen LogP contribution in [0.5, 0.6) is 0 Å². The molecule has 0 rings (SSSR count). The second kappa shape index (κ2) is 25.9. The van der Waals surface area contributed by atoms with E-state index >= 15 is 0 Å². The molecule has 0 aromatic rings. The predicted octanol–water partition coefficient (Wildman–Crippen LogP) is 1.11. The Bertz CT molecular complexity index is 849. The molecule has 0 aliphatic rings. The molecule has 5 N–H and O–H groups in total. The summed E-state index contributed by atoms with van der Waals surface area (Å²) in [6.45, 7) is 6.29. The molecule has 0 saturated carbocycles. The van der Waals surface area contributed by atoms with Crippen LogP contribution in [-0.4, -0.2) is 80.8 Å². The second-order valence-electron chi connectivity index (χ2n) is 5.66. The fourth-order valence-electron chi connectivity index (χ4n) is 0.734. The van der Waals surface area contributed by atoms with Gasteiger partial charge in [-0.2, -0.15) is 0 Å². The van der Waals surface area contributed by atoms with E-state index in [1.807, 2.05) is 0 Å². The van der Waals surface area contributed by atoms with Gasteiger partial charge < -0.3 is 63.2 Å². The number of carboxylic acid groups (broad SMARTS) is 5. The van der Waals surface area contributed by atoms with Gasteiger partial charge in [0.15, 0.2) is 30.4 Å². The summed E-state index contributed by atoms with van der Waals surface area (Å²) in [5.41, 5.74) is 0. The van der Waals surface area contributed by atoms with Gasteiger partial charge in [-0.3, -0.25) is 23.1 Å². The molecule has 0 radical (unpaired) electrons. The average Bonchev–Trinajstić information content (AvgIpc) is 2.71. The van der Waals surface area contributed by atoms with Gasteiger partial charge >= 0.3 is 50.8 Å². The molecule has 0 saturated heterocycles. The van der Waals surface area contributed by atoms with Gasteiger partial charge in [0.05, 0.1) is 0 Å². The summed E-state index contributed by atoms with van der Waals surface area (Å²) in [5.74, 6) is -0.833. The van der Waals surface area contributed by atoms with Gasteiger partial charge in [0.1, 0.15) is 0 Å². The van der Waals surface area contributed by atoms with Crippen molar-refractivity contribution in [3.8, 4) is 0 Å². The molecule has 0 aliphatic carbocycles. The van der Waals surface area contributed by atoms with Crippen molar-refractivity contribution < 1.29 is 132 Å². The third kappa shape index (κ3) is 54.9. The second-order valence-corrected chi connectivity index (χ2v) is 13.8. The summed E-state index contributed by atoms with van der Waals surface area (Å²) < 4.78 is 55.0. The topological polar surface area (TPSA) is 384 Å². The van der Waals surface area contributed by atoms with E-state index in [0.29, 0.717) is 0 Å². The largest absolute Gasteiger partial charge is 4.00 e. The van der Waals surface area contributed by atoms with E-state index in [9.17, 15) is 57.0 Å². The van der Waals surface area contributed by atoms with Crippen molar-refractivity contribution in [1.82, 2.24) is 0 Å². The third-order valence-corrected chi connectivity index (χ3v) is 7.25. The van der Waals surface area contributed by atoms with Crippen molar-refractivity contribution in [3.63, 3.8) is 0 Å². The Morgan fingerprint density at radius 1 is 0.488 bits per heavy atom. The molecule has 0 spiro atoms. The molecule has 0 aliphatic heterocycles. The maximum Gasteiger partial charge on any atom is 4.00 e. The van der Waals surface area contributed by atoms with Crippen molar-refractivity contribution >= 4 is 61.0 Å². The molecule has 4 atom stereocenters. The number of carboxylic acids is 1. The monoisotopic (exact) mass is 762 g/mol. The fourth-order valence-corrected chi connectivity index (χ4v) is 2.20. The fraction of sp³-hybridized carbons (Fsp3) is 0.643. The molecule has 240 valence electrons. The Balaban J connectivity index is -0.0000000946. The first-order chi connectivity index (χ1) is 17.6. The Kier molecular flexibility index (Phi) is 32.7. The Labute approximate surface area is 251 Å². The first-order valence-corrected chi connectivity index (χ1v) is 16.7. The normalized spacial score (nSPS) is 14.9. The van der Waals surface area contributed by atoms with Gasteiger partial charge in [-0.15, -0.1) is 0 Å². The van der Waals surface area contributed by atoms with E-state index in [2.05, 4.69) is 18.1 Å². The smallest absolute Gasteiger partial charge is 0.769 e. The van der Waals surface area contributed by atoms with E-state index in [-0.39, 0.29) is 50.9 Å². The van der Waals surface area contributed by atoms with Crippen LogP contribution < -0.4 is 19.6 Å². The Morgan fingerprint density at radius 3 is 0.610 bits per heavy atom. The van der Waals surface area contributed by atoms with E-state index in [4.69, 9.17) is 30.3 Å². The van der Waals surface area contributed by atoms with E-state index in [1.165, 1.54) is 27.7 Å². The molecule has 4 unspecified atom stereocenters. The molecule has 22 nitrogen and oxygen atoms in total. The van der Waals surface area contributed by atoms with Gasteiger partial charge in [-0.05, 0) is 0 Å². The molecule has 27 heteroatoms. The van der Waals surface area contributed by atoms with Crippen LogP contribution in [0.3, 0.4) is 0 Å². The standard InChI is InChI=1S/4C3H7O5P.C2H4O2.Zr/c4*1-2-9(6,7)8-3(4)5;1-2(3)4;/h4*2H2,1H3,(H,4,5)(H,6,7);1H3,(H,3,4);/q;;;;;+4/p-4. The van der Waals surface area contributed by atoms with Gasteiger partial charge in [0, 0.05) is 31.6 Å². The summed E-state index contributed by atoms with van der Waals surface area (Å²) in [6, 6.07) is 0. The van der Waals surface area contributed by atoms with Crippen molar-refractivity contribution in [1.29, 1.82) is 0 Å². The minimum atomic E-state index is -4.08. The molecular weight excluding hydrogens is 735 g/mol. The van der Waals surface area contributed by atoms with Crippen molar-refractivity contribution in [3.05, 3.63) is 0 Å². The van der Waals surface area contributed by atoms with Crippen LogP contribution in [0.1, 0.15) is 34.6 Å². The molecule has 0 amide bonds. The summed E-state index contributed by atoms with van der Waals surface area (Å²) in [5, 5.41) is 38.6. The average molecular weight is 763 g/mol. The SMILES string of the molecule is CC(=O)O.CCP(=O)([O-])OC(=O)O.CCP(=O)([O-])OC(=O)O.CCP(=O)([O-])OC(=O)O.CCP(=O)([O-])OC(=O)O.[Zr+4]. The maximum absolute atomic E-state index is 10.2.